The number of hydrogen-bond donors (Lipinski definition) is 1. The molecule has 0 saturated carbocycles. The normalized spacial score (nSPS) is 19.9. The molecular formula is C13H24N2O3. The van der Waals surface area contributed by atoms with Crippen LogP contribution in [0.3, 0.4) is 0 Å². The lowest BCUT2D eigenvalue weighted by Crippen LogP contribution is -2.53. The summed E-state index contributed by atoms with van der Waals surface area (Å²) in [7, 11) is 0. The Morgan fingerprint density at radius 2 is 2.06 bits per heavy atom. The van der Waals surface area contributed by atoms with Crippen molar-refractivity contribution in [3.05, 3.63) is 0 Å². The molecule has 1 saturated heterocycles. The SMILES string of the molecule is CC(C)COCCN1CCC(=O)NC(C)(C)C1=O. The molecule has 18 heavy (non-hydrogen) atoms. The van der Waals surface area contributed by atoms with Gasteiger partial charge in [0.05, 0.1) is 6.61 Å². The lowest BCUT2D eigenvalue weighted by molar-refractivity contribution is -0.138. The van der Waals surface area contributed by atoms with Crippen LogP contribution in [-0.4, -0.2) is 48.6 Å². The molecule has 1 rings (SSSR count). The van der Waals surface area contributed by atoms with Crippen molar-refractivity contribution in [3.63, 3.8) is 0 Å². The molecule has 5 heteroatoms. The summed E-state index contributed by atoms with van der Waals surface area (Å²) in [5.41, 5.74) is -0.814. The van der Waals surface area contributed by atoms with Crippen molar-refractivity contribution in [2.45, 2.75) is 39.7 Å². The van der Waals surface area contributed by atoms with Crippen LogP contribution in [0.2, 0.25) is 0 Å². The van der Waals surface area contributed by atoms with Crippen LogP contribution in [0, 0.1) is 5.92 Å². The Balaban J connectivity index is 2.48. The maximum atomic E-state index is 12.2. The second kappa shape index (κ2) is 6.18. The van der Waals surface area contributed by atoms with Crippen LogP contribution < -0.4 is 5.32 Å². The summed E-state index contributed by atoms with van der Waals surface area (Å²) < 4.78 is 5.48. The van der Waals surface area contributed by atoms with E-state index < -0.39 is 5.54 Å². The van der Waals surface area contributed by atoms with Crippen molar-refractivity contribution < 1.29 is 14.3 Å². The Bertz CT molecular complexity index is 313. The highest BCUT2D eigenvalue weighted by atomic mass is 16.5. The maximum Gasteiger partial charge on any atom is 0.247 e. The van der Waals surface area contributed by atoms with Crippen molar-refractivity contribution in [1.82, 2.24) is 10.2 Å². The van der Waals surface area contributed by atoms with E-state index in [1.807, 2.05) is 0 Å². The summed E-state index contributed by atoms with van der Waals surface area (Å²) in [5.74, 6) is 0.380. The molecule has 0 aliphatic carbocycles. The fraction of sp³-hybridized carbons (Fsp3) is 0.846. The molecule has 1 aliphatic rings. The summed E-state index contributed by atoms with van der Waals surface area (Å²) in [4.78, 5) is 25.4. The van der Waals surface area contributed by atoms with Crippen molar-refractivity contribution in [1.29, 1.82) is 0 Å². The number of rotatable bonds is 5. The van der Waals surface area contributed by atoms with Gasteiger partial charge in [0.15, 0.2) is 0 Å². The highest BCUT2D eigenvalue weighted by Gasteiger charge is 2.36. The molecule has 0 atom stereocenters. The molecule has 0 unspecified atom stereocenters. The Kier molecular flexibility index (Phi) is 5.14. The van der Waals surface area contributed by atoms with E-state index in [0.29, 0.717) is 38.6 Å². The van der Waals surface area contributed by atoms with Gasteiger partial charge in [-0.15, -0.1) is 0 Å². The zero-order valence-electron chi connectivity index (χ0n) is 11.8. The van der Waals surface area contributed by atoms with E-state index in [9.17, 15) is 9.59 Å². The monoisotopic (exact) mass is 256 g/mol. The molecule has 1 N–H and O–H groups in total. The zero-order chi connectivity index (χ0) is 13.8. The van der Waals surface area contributed by atoms with E-state index in [2.05, 4.69) is 19.2 Å². The van der Waals surface area contributed by atoms with Gasteiger partial charge in [-0.1, -0.05) is 13.8 Å². The molecule has 2 amide bonds. The smallest absolute Gasteiger partial charge is 0.247 e. The second-order valence-corrected chi connectivity index (χ2v) is 5.68. The third-order valence-electron chi connectivity index (χ3n) is 2.84. The minimum atomic E-state index is -0.814. The summed E-state index contributed by atoms with van der Waals surface area (Å²) in [6.45, 7) is 9.88. The van der Waals surface area contributed by atoms with Gasteiger partial charge < -0.3 is 15.0 Å². The minimum absolute atomic E-state index is 0.0403. The molecule has 0 aromatic rings. The van der Waals surface area contributed by atoms with Gasteiger partial charge in [-0.3, -0.25) is 9.59 Å². The lowest BCUT2D eigenvalue weighted by atomic mass is 10.0. The Labute approximate surface area is 109 Å². The molecule has 0 aromatic heterocycles. The number of carbonyl (C=O) groups is 2. The summed E-state index contributed by atoms with van der Waals surface area (Å²) >= 11 is 0. The first-order valence-corrected chi connectivity index (χ1v) is 6.51. The van der Waals surface area contributed by atoms with Crippen LogP contribution in [0.5, 0.6) is 0 Å². The first kappa shape index (κ1) is 15.0. The Morgan fingerprint density at radius 3 is 2.67 bits per heavy atom. The Hall–Kier alpha value is -1.10. The number of ether oxygens (including phenoxy) is 1. The number of amides is 2. The molecule has 1 aliphatic heterocycles. The van der Waals surface area contributed by atoms with Gasteiger partial charge in [-0.25, -0.2) is 0 Å². The topological polar surface area (TPSA) is 58.6 Å². The molecular weight excluding hydrogens is 232 g/mol. The van der Waals surface area contributed by atoms with Gasteiger partial charge in [0.25, 0.3) is 0 Å². The first-order chi connectivity index (χ1) is 8.33. The van der Waals surface area contributed by atoms with Crippen molar-refractivity contribution >= 4 is 11.8 Å². The van der Waals surface area contributed by atoms with E-state index in [4.69, 9.17) is 4.74 Å². The predicted molar refractivity (Wildman–Crippen MR) is 69.1 cm³/mol. The average molecular weight is 256 g/mol. The molecule has 1 heterocycles. The van der Waals surface area contributed by atoms with Crippen LogP contribution in [0.1, 0.15) is 34.1 Å². The zero-order valence-corrected chi connectivity index (χ0v) is 11.8. The lowest BCUT2D eigenvalue weighted by Gasteiger charge is -2.28. The minimum Gasteiger partial charge on any atom is -0.379 e. The predicted octanol–water partition coefficient (Wildman–Crippen LogP) is 0.786. The van der Waals surface area contributed by atoms with Gasteiger partial charge >= 0.3 is 0 Å². The molecule has 0 spiro atoms. The number of nitrogens with one attached hydrogen (secondary N) is 1. The van der Waals surface area contributed by atoms with Crippen LogP contribution >= 0.6 is 0 Å². The van der Waals surface area contributed by atoms with Gasteiger partial charge in [-0.05, 0) is 19.8 Å². The summed E-state index contributed by atoms with van der Waals surface area (Å²) in [6, 6.07) is 0. The van der Waals surface area contributed by atoms with Gasteiger partial charge in [-0.2, -0.15) is 0 Å². The van der Waals surface area contributed by atoms with Crippen LogP contribution in [0.25, 0.3) is 0 Å². The molecule has 5 nitrogen and oxygen atoms in total. The van der Waals surface area contributed by atoms with E-state index >= 15 is 0 Å². The van der Waals surface area contributed by atoms with E-state index in [1.165, 1.54) is 0 Å². The number of hydrogen-bond acceptors (Lipinski definition) is 3. The standard InChI is InChI=1S/C13H24N2O3/c1-10(2)9-18-8-7-15-6-5-11(16)14-13(3,4)12(15)17/h10H,5-9H2,1-4H3,(H,14,16). The highest BCUT2D eigenvalue weighted by molar-refractivity contribution is 5.92. The maximum absolute atomic E-state index is 12.2. The quantitative estimate of drug-likeness (QED) is 0.740. The molecule has 0 bridgehead atoms. The van der Waals surface area contributed by atoms with Crippen molar-refractivity contribution in [3.8, 4) is 0 Å². The van der Waals surface area contributed by atoms with Gasteiger partial charge in [0.2, 0.25) is 11.8 Å². The summed E-state index contributed by atoms with van der Waals surface area (Å²) in [6.07, 6.45) is 0.360. The molecule has 0 aromatic carbocycles. The van der Waals surface area contributed by atoms with Crippen molar-refractivity contribution in [2.75, 3.05) is 26.3 Å². The van der Waals surface area contributed by atoms with Crippen LogP contribution in [-0.2, 0) is 14.3 Å². The van der Waals surface area contributed by atoms with Crippen LogP contribution in [0.4, 0.5) is 0 Å². The van der Waals surface area contributed by atoms with Crippen LogP contribution in [0.15, 0.2) is 0 Å². The molecule has 1 fully saturated rings. The average Bonchev–Trinajstić information content (AvgIpc) is 2.34. The molecule has 0 radical (unpaired) electrons. The second-order valence-electron chi connectivity index (χ2n) is 5.68. The number of carbonyl (C=O) groups excluding carboxylic acids is 2. The van der Waals surface area contributed by atoms with Gasteiger partial charge in [0, 0.05) is 26.1 Å². The first-order valence-electron chi connectivity index (χ1n) is 6.51. The summed E-state index contributed by atoms with van der Waals surface area (Å²) in [5, 5.41) is 2.74. The Morgan fingerprint density at radius 1 is 1.39 bits per heavy atom. The van der Waals surface area contributed by atoms with E-state index in [0.717, 1.165) is 0 Å². The highest BCUT2D eigenvalue weighted by Crippen LogP contribution is 2.12. The third kappa shape index (κ3) is 4.29. The molecule has 104 valence electrons. The fourth-order valence-electron chi connectivity index (χ4n) is 1.90. The van der Waals surface area contributed by atoms with E-state index in [1.54, 1.807) is 18.7 Å². The van der Waals surface area contributed by atoms with E-state index in [-0.39, 0.29) is 11.8 Å². The largest absolute Gasteiger partial charge is 0.379 e. The fourth-order valence-corrected chi connectivity index (χ4v) is 1.90. The number of nitrogens with zero attached hydrogens (tertiary/aromatic N) is 1. The van der Waals surface area contributed by atoms with Crippen molar-refractivity contribution in [2.24, 2.45) is 5.92 Å². The van der Waals surface area contributed by atoms with Gasteiger partial charge in [0.1, 0.15) is 5.54 Å². The third-order valence-corrected chi connectivity index (χ3v) is 2.84.